The Hall–Kier alpha value is -0.650. The van der Waals surface area contributed by atoms with Crippen LogP contribution in [-0.4, -0.2) is 30.6 Å². The highest BCUT2D eigenvalue weighted by Gasteiger charge is 2.17. The van der Waals surface area contributed by atoms with Crippen molar-refractivity contribution in [2.45, 2.75) is 19.1 Å². The number of carbonyl (C=O) groups excluding carboxylic acids is 1. The van der Waals surface area contributed by atoms with Crippen LogP contribution in [0.3, 0.4) is 0 Å². The number of rotatable bonds is 2. The van der Waals surface area contributed by atoms with Crippen molar-refractivity contribution < 1.29 is 19.5 Å². The van der Waals surface area contributed by atoms with Crippen LogP contribution in [0.25, 0.3) is 0 Å². The van der Waals surface area contributed by atoms with Gasteiger partial charge in [0.2, 0.25) is 5.91 Å². The summed E-state index contributed by atoms with van der Waals surface area (Å²) in [5, 5.41) is 8.15. The number of carbonyl (C=O) groups is 1. The number of nitrogens with one attached hydrogen (secondary N) is 1. The van der Waals surface area contributed by atoms with Gasteiger partial charge in [-0.2, -0.15) is 0 Å². The van der Waals surface area contributed by atoms with E-state index < -0.39 is 12.2 Å². The number of hydrogen-bond acceptors (Lipinski definition) is 4. The second kappa shape index (κ2) is 4.27. The molecule has 1 aliphatic rings. The fourth-order valence-corrected chi connectivity index (χ4v) is 0.851. The molecule has 1 rings (SSSR count). The first kappa shape index (κ1) is 8.45. The van der Waals surface area contributed by atoms with Crippen LogP contribution in [0, 0.1) is 0 Å². The van der Waals surface area contributed by atoms with Crippen LogP contribution in [0.4, 0.5) is 0 Å². The van der Waals surface area contributed by atoms with E-state index in [1.54, 1.807) is 0 Å². The molecule has 0 saturated carbocycles. The van der Waals surface area contributed by atoms with Gasteiger partial charge >= 0.3 is 0 Å². The third-order valence-corrected chi connectivity index (χ3v) is 1.37. The molecule has 1 heterocycles. The van der Waals surface area contributed by atoms with Crippen LogP contribution < -0.4 is 5.48 Å². The first-order valence-corrected chi connectivity index (χ1v) is 3.49. The third-order valence-electron chi connectivity index (χ3n) is 1.37. The summed E-state index contributed by atoms with van der Waals surface area (Å²) in [5.41, 5.74) is 1.51. The van der Waals surface area contributed by atoms with Gasteiger partial charge < -0.3 is 9.47 Å². The zero-order valence-electron chi connectivity index (χ0n) is 6.08. The van der Waals surface area contributed by atoms with E-state index in [-0.39, 0.29) is 6.42 Å². The summed E-state index contributed by atoms with van der Waals surface area (Å²) in [7, 11) is 0. The van der Waals surface area contributed by atoms with E-state index in [9.17, 15) is 4.79 Å². The van der Waals surface area contributed by atoms with Gasteiger partial charge in [-0.05, 0) is 6.42 Å². The molecule has 0 aromatic carbocycles. The Morgan fingerprint density at radius 3 is 2.73 bits per heavy atom. The van der Waals surface area contributed by atoms with Gasteiger partial charge in [0.1, 0.15) is 0 Å². The van der Waals surface area contributed by atoms with Crippen LogP contribution in [0.15, 0.2) is 0 Å². The molecular formula is C6H11NO4. The van der Waals surface area contributed by atoms with Crippen LogP contribution in [-0.2, 0) is 14.3 Å². The van der Waals surface area contributed by atoms with Crippen molar-refractivity contribution in [3.63, 3.8) is 0 Å². The maximum Gasteiger partial charge on any atom is 0.248 e. The van der Waals surface area contributed by atoms with E-state index in [1.165, 1.54) is 5.48 Å². The zero-order valence-corrected chi connectivity index (χ0v) is 6.08. The Bertz CT molecular complexity index is 133. The minimum atomic E-state index is -0.490. The highest BCUT2D eigenvalue weighted by atomic mass is 16.7. The van der Waals surface area contributed by atoms with E-state index in [1.807, 2.05) is 0 Å². The first-order chi connectivity index (χ1) is 5.33. The highest BCUT2D eigenvalue weighted by Crippen LogP contribution is 2.07. The van der Waals surface area contributed by atoms with Gasteiger partial charge in [-0.3, -0.25) is 10.0 Å². The molecule has 1 fully saturated rings. The van der Waals surface area contributed by atoms with Crippen LogP contribution >= 0.6 is 0 Å². The molecule has 0 bridgehead atoms. The monoisotopic (exact) mass is 161 g/mol. The standard InChI is InChI=1S/C6H11NO4/c8-5(7-9)4-6-10-2-1-3-11-6/h6,9H,1-4H2,(H,7,8). The number of hydrogen-bond donors (Lipinski definition) is 2. The predicted octanol–water partition coefficient (Wildman–Crippen LogP) is -0.355. The quantitative estimate of drug-likeness (QED) is 0.429. The lowest BCUT2D eigenvalue weighted by Crippen LogP contribution is -2.31. The molecule has 2 N–H and O–H groups in total. The first-order valence-electron chi connectivity index (χ1n) is 3.49. The fraction of sp³-hybridized carbons (Fsp3) is 0.833. The van der Waals surface area contributed by atoms with Crippen molar-refractivity contribution in [2.24, 2.45) is 0 Å². The molecule has 0 aliphatic carbocycles. The lowest BCUT2D eigenvalue weighted by Gasteiger charge is -2.21. The van der Waals surface area contributed by atoms with E-state index in [2.05, 4.69) is 0 Å². The minimum Gasteiger partial charge on any atom is -0.352 e. The summed E-state index contributed by atoms with van der Waals surface area (Å²) in [6, 6.07) is 0. The summed E-state index contributed by atoms with van der Waals surface area (Å²) in [5.74, 6) is -0.489. The van der Waals surface area contributed by atoms with Gasteiger partial charge in [-0.1, -0.05) is 0 Å². The minimum absolute atomic E-state index is 0.0521. The Labute approximate surface area is 64.2 Å². The molecule has 1 amide bonds. The maximum atomic E-state index is 10.6. The van der Waals surface area contributed by atoms with Crippen molar-refractivity contribution in [1.29, 1.82) is 0 Å². The van der Waals surface area contributed by atoms with Gasteiger partial charge in [-0.15, -0.1) is 0 Å². The molecule has 5 nitrogen and oxygen atoms in total. The fourth-order valence-electron chi connectivity index (χ4n) is 0.851. The molecule has 0 aromatic rings. The molecule has 0 unspecified atom stereocenters. The maximum absolute atomic E-state index is 10.6. The summed E-state index contributed by atoms with van der Waals surface area (Å²) in [4.78, 5) is 10.6. The van der Waals surface area contributed by atoms with Crippen LogP contribution in [0.5, 0.6) is 0 Å². The van der Waals surface area contributed by atoms with Crippen molar-refractivity contribution in [1.82, 2.24) is 5.48 Å². The molecule has 0 aromatic heterocycles. The normalized spacial score (nSPS) is 19.7. The average Bonchev–Trinajstić information content (AvgIpc) is 2.06. The second-order valence-electron chi connectivity index (χ2n) is 2.26. The Morgan fingerprint density at radius 2 is 2.18 bits per heavy atom. The van der Waals surface area contributed by atoms with Gasteiger partial charge in [-0.25, -0.2) is 5.48 Å². The van der Waals surface area contributed by atoms with Gasteiger partial charge in [0, 0.05) is 0 Å². The zero-order chi connectivity index (χ0) is 8.10. The smallest absolute Gasteiger partial charge is 0.248 e. The number of amides is 1. The summed E-state index contributed by atoms with van der Waals surface area (Å²) in [6.45, 7) is 1.23. The Kier molecular flexibility index (Phi) is 3.28. The van der Waals surface area contributed by atoms with E-state index >= 15 is 0 Å². The molecule has 0 spiro atoms. The third kappa shape index (κ3) is 2.83. The van der Waals surface area contributed by atoms with E-state index in [4.69, 9.17) is 14.7 Å². The molecule has 5 heteroatoms. The SMILES string of the molecule is O=C(CC1OCCCO1)NO. The molecule has 11 heavy (non-hydrogen) atoms. The highest BCUT2D eigenvalue weighted by molar-refractivity contribution is 5.74. The van der Waals surface area contributed by atoms with Gasteiger partial charge in [0.05, 0.1) is 19.6 Å². The summed E-state index contributed by atoms with van der Waals surface area (Å²) >= 11 is 0. The Balaban J connectivity index is 2.19. The van der Waals surface area contributed by atoms with Crippen molar-refractivity contribution in [3.05, 3.63) is 0 Å². The van der Waals surface area contributed by atoms with Crippen LogP contribution in [0.1, 0.15) is 12.8 Å². The van der Waals surface area contributed by atoms with Gasteiger partial charge in [0.25, 0.3) is 0 Å². The molecular weight excluding hydrogens is 150 g/mol. The predicted molar refractivity (Wildman–Crippen MR) is 34.9 cm³/mol. The number of hydroxylamine groups is 1. The summed E-state index contributed by atoms with van der Waals surface area (Å²) < 4.78 is 10.1. The van der Waals surface area contributed by atoms with E-state index in [0.717, 1.165) is 6.42 Å². The van der Waals surface area contributed by atoms with Crippen molar-refractivity contribution in [3.8, 4) is 0 Å². The second-order valence-corrected chi connectivity index (χ2v) is 2.26. The average molecular weight is 161 g/mol. The lowest BCUT2D eigenvalue weighted by molar-refractivity contribution is -0.186. The molecule has 1 saturated heterocycles. The largest absolute Gasteiger partial charge is 0.352 e. The van der Waals surface area contributed by atoms with Crippen molar-refractivity contribution >= 4 is 5.91 Å². The Morgan fingerprint density at radius 1 is 1.55 bits per heavy atom. The molecule has 1 aliphatic heterocycles. The van der Waals surface area contributed by atoms with Crippen LogP contribution in [0.2, 0.25) is 0 Å². The molecule has 0 radical (unpaired) electrons. The van der Waals surface area contributed by atoms with E-state index in [0.29, 0.717) is 13.2 Å². The van der Waals surface area contributed by atoms with Crippen molar-refractivity contribution in [2.75, 3.05) is 13.2 Å². The lowest BCUT2D eigenvalue weighted by atomic mass is 10.3. The molecule has 64 valence electrons. The number of ether oxygens (including phenoxy) is 2. The topological polar surface area (TPSA) is 67.8 Å². The molecule has 0 atom stereocenters. The summed E-state index contributed by atoms with van der Waals surface area (Å²) in [6.07, 6.45) is 0.421. The van der Waals surface area contributed by atoms with Gasteiger partial charge in [0.15, 0.2) is 6.29 Å².